The van der Waals surface area contributed by atoms with E-state index in [1.54, 1.807) is 18.7 Å². The molecule has 31 heavy (non-hydrogen) atoms. The van der Waals surface area contributed by atoms with Gasteiger partial charge in [0.05, 0.1) is 14.2 Å². The van der Waals surface area contributed by atoms with Gasteiger partial charge in [-0.15, -0.1) is 15.3 Å². The molecule has 166 valence electrons. The van der Waals surface area contributed by atoms with Crippen molar-refractivity contribution in [3.8, 4) is 11.5 Å². The van der Waals surface area contributed by atoms with Crippen molar-refractivity contribution in [3.63, 3.8) is 0 Å². The Balaban J connectivity index is 1.56. The van der Waals surface area contributed by atoms with E-state index in [0.717, 1.165) is 36.0 Å². The lowest BCUT2D eigenvalue weighted by Gasteiger charge is -2.19. The van der Waals surface area contributed by atoms with Gasteiger partial charge in [-0.3, -0.25) is 4.79 Å². The molecular weight excluding hydrogens is 396 g/mol. The van der Waals surface area contributed by atoms with Crippen LogP contribution in [0, 0.1) is 0 Å². The number of amides is 1. The third-order valence-corrected chi connectivity index (χ3v) is 5.18. The first-order chi connectivity index (χ1) is 15.1. The van der Waals surface area contributed by atoms with Gasteiger partial charge in [0.1, 0.15) is 17.3 Å². The Hall–Kier alpha value is -3.36. The molecular formula is C22H30N6O3. The molecule has 9 heteroatoms. The first-order valence-corrected chi connectivity index (χ1v) is 10.5. The van der Waals surface area contributed by atoms with E-state index in [0.29, 0.717) is 37.3 Å². The largest absolute Gasteiger partial charge is 0.497 e. The van der Waals surface area contributed by atoms with E-state index < -0.39 is 0 Å². The molecule has 0 saturated carbocycles. The van der Waals surface area contributed by atoms with E-state index in [4.69, 9.17) is 9.47 Å². The maximum absolute atomic E-state index is 12.4. The number of aryl methyl sites for hydroxylation is 1. The van der Waals surface area contributed by atoms with Gasteiger partial charge in [0, 0.05) is 32.5 Å². The summed E-state index contributed by atoms with van der Waals surface area (Å²) in [4.78, 5) is 14.5. The molecule has 0 fully saturated rings. The van der Waals surface area contributed by atoms with Crippen molar-refractivity contribution >= 4 is 17.4 Å². The van der Waals surface area contributed by atoms with Crippen LogP contribution in [0.25, 0.3) is 5.65 Å². The summed E-state index contributed by atoms with van der Waals surface area (Å²) in [5.41, 5.74) is 1.66. The quantitative estimate of drug-likeness (QED) is 0.503. The van der Waals surface area contributed by atoms with E-state index in [2.05, 4.69) is 39.4 Å². The van der Waals surface area contributed by atoms with Crippen LogP contribution in [0.5, 0.6) is 11.5 Å². The second-order valence-electron chi connectivity index (χ2n) is 7.03. The Kier molecular flexibility index (Phi) is 7.64. The summed E-state index contributed by atoms with van der Waals surface area (Å²) in [6, 6.07) is 9.49. The SMILES string of the molecule is CCN(CC)c1ccc2nnc(CCC(=O)NCCc3cc(OC)ccc3OC)n2n1. The highest BCUT2D eigenvalue weighted by Crippen LogP contribution is 2.24. The number of nitrogens with one attached hydrogen (secondary N) is 1. The number of benzene rings is 1. The first-order valence-electron chi connectivity index (χ1n) is 10.5. The molecule has 9 nitrogen and oxygen atoms in total. The standard InChI is InChI=1S/C22H30N6O3/c1-5-27(6-2)21-10-9-19-24-25-20(28(19)26-21)11-12-22(29)23-14-13-16-15-17(30-3)7-8-18(16)31-4/h7-10,15H,5-6,11-14H2,1-4H3,(H,23,29). The number of carbonyl (C=O) groups is 1. The molecule has 0 aliphatic heterocycles. The highest BCUT2D eigenvalue weighted by molar-refractivity contribution is 5.76. The smallest absolute Gasteiger partial charge is 0.220 e. The van der Waals surface area contributed by atoms with Gasteiger partial charge in [0.15, 0.2) is 11.5 Å². The maximum atomic E-state index is 12.4. The number of methoxy groups -OCH3 is 2. The van der Waals surface area contributed by atoms with Crippen molar-refractivity contribution in [2.75, 3.05) is 38.8 Å². The van der Waals surface area contributed by atoms with Gasteiger partial charge in [-0.2, -0.15) is 4.52 Å². The summed E-state index contributed by atoms with van der Waals surface area (Å²) in [7, 11) is 3.26. The molecule has 3 aromatic rings. The highest BCUT2D eigenvalue weighted by atomic mass is 16.5. The van der Waals surface area contributed by atoms with Crippen molar-refractivity contribution in [2.24, 2.45) is 0 Å². The summed E-state index contributed by atoms with van der Waals surface area (Å²) in [6.45, 7) is 6.43. The number of aromatic nitrogens is 4. The number of nitrogens with zero attached hydrogens (tertiary/aromatic N) is 5. The van der Waals surface area contributed by atoms with Gasteiger partial charge in [-0.25, -0.2) is 0 Å². The molecule has 2 aromatic heterocycles. The molecule has 0 aliphatic rings. The number of anilines is 1. The van der Waals surface area contributed by atoms with Gasteiger partial charge in [-0.1, -0.05) is 0 Å². The zero-order valence-electron chi connectivity index (χ0n) is 18.6. The van der Waals surface area contributed by atoms with Gasteiger partial charge >= 0.3 is 0 Å². The summed E-state index contributed by atoms with van der Waals surface area (Å²) in [6.07, 6.45) is 1.42. The maximum Gasteiger partial charge on any atom is 0.220 e. The summed E-state index contributed by atoms with van der Waals surface area (Å²) in [5.74, 6) is 3.04. The number of hydrogen-bond acceptors (Lipinski definition) is 7. The molecule has 2 heterocycles. The molecule has 1 N–H and O–H groups in total. The van der Waals surface area contributed by atoms with Crippen LogP contribution in [0.15, 0.2) is 30.3 Å². The van der Waals surface area contributed by atoms with E-state index in [1.165, 1.54) is 0 Å². The van der Waals surface area contributed by atoms with E-state index in [-0.39, 0.29) is 5.91 Å². The predicted molar refractivity (Wildman–Crippen MR) is 119 cm³/mol. The molecule has 0 spiro atoms. The van der Waals surface area contributed by atoms with E-state index in [1.807, 2.05) is 30.3 Å². The topological polar surface area (TPSA) is 93.9 Å². The Morgan fingerprint density at radius 1 is 1.06 bits per heavy atom. The van der Waals surface area contributed by atoms with Crippen LogP contribution in [0.4, 0.5) is 5.82 Å². The Labute approximate surface area is 182 Å². The Bertz CT molecular complexity index is 1020. The second-order valence-corrected chi connectivity index (χ2v) is 7.03. The fourth-order valence-electron chi connectivity index (χ4n) is 3.42. The fraction of sp³-hybridized carbons (Fsp3) is 0.455. The lowest BCUT2D eigenvalue weighted by Crippen LogP contribution is -2.26. The van der Waals surface area contributed by atoms with Crippen LogP contribution >= 0.6 is 0 Å². The predicted octanol–water partition coefficient (Wildman–Crippen LogP) is 2.28. The number of hydrogen-bond donors (Lipinski definition) is 1. The minimum atomic E-state index is -0.0430. The average molecular weight is 427 g/mol. The van der Waals surface area contributed by atoms with Gasteiger partial charge in [0.2, 0.25) is 5.91 Å². The van der Waals surface area contributed by atoms with Crippen molar-refractivity contribution in [1.29, 1.82) is 0 Å². The van der Waals surface area contributed by atoms with E-state index >= 15 is 0 Å². The molecule has 0 bridgehead atoms. The average Bonchev–Trinajstić information content (AvgIpc) is 3.20. The molecule has 1 amide bonds. The zero-order chi connectivity index (χ0) is 22.2. The third-order valence-electron chi connectivity index (χ3n) is 5.18. The molecule has 0 saturated heterocycles. The fourth-order valence-corrected chi connectivity index (χ4v) is 3.42. The molecule has 0 atom stereocenters. The van der Waals surface area contributed by atoms with Gasteiger partial charge in [0.25, 0.3) is 0 Å². The number of ether oxygens (including phenoxy) is 2. The normalized spacial score (nSPS) is 10.8. The Morgan fingerprint density at radius 2 is 1.87 bits per heavy atom. The van der Waals surface area contributed by atoms with Crippen LogP contribution in [0.2, 0.25) is 0 Å². The van der Waals surface area contributed by atoms with E-state index in [9.17, 15) is 4.79 Å². The summed E-state index contributed by atoms with van der Waals surface area (Å²) < 4.78 is 12.4. The van der Waals surface area contributed by atoms with Crippen molar-refractivity contribution in [3.05, 3.63) is 41.7 Å². The van der Waals surface area contributed by atoms with Crippen LogP contribution in [-0.2, 0) is 17.6 Å². The zero-order valence-corrected chi connectivity index (χ0v) is 18.6. The minimum absolute atomic E-state index is 0.0430. The van der Waals surface area contributed by atoms with Crippen molar-refractivity contribution in [1.82, 2.24) is 25.1 Å². The minimum Gasteiger partial charge on any atom is -0.497 e. The molecule has 0 unspecified atom stereocenters. The Morgan fingerprint density at radius 3 is 2.58 bits per heavy atom. The van der Waals surface area contributed by atoms with Crippen molar-refractivity contribution < 1.29 is 14.3 Å². The second kappa shape index (κ2) is 10.6. The lowest BCUT2D eigenvalue weighted by atomic mass is 10.1. The number of carbonyl (C=O) groups excluding carboxylic acids is 1. The monoisotopic (exact) mass is 426 g/mol. The molecule has 1 aromatic carbocycles. The van der Waals surface area contributed by atoms with Gasteiger partial charge in [-0.05, 0) is 56.2 Å². The number of fused-ring (bicyclic) bond motifs is 1. The summed E-state index contributed by atoms with van der Waals surface area (Å²) >= 11 is 0. The van der Waals surface area contributed by atoms with Gasteiger partial charge < -0.3 is 19.7 Å². The van der Waals surface area contributed by atoms with Crippen LogP contribution in [0.3, 0.4) is 0 Å². The third kappa shape index (κ3) is 5.42. The number of rotatable bonds is 11. The van der Waals surface area contributed by atoms with Crippen LogP contribution in [-0.4, -0.2) is 59.6 Å². The lowest BCUT2D eigenvalue weighted by molar-refractivity contribution is -0.121. The molecule has 3 rings (SSSR count). The summed E-state index contributed by atoms with van der Waals surface area (Å²) in [5, 5.41) is 16.0. The molecule has 0 radical (unpaired) electrons. The first kappa shape index (κ1) is 22.3. The van der Waals surface area contributed by atoms with Crippen LogP contribution in [0.1, 0.15) is 31.7 Å². The van der Waals surface area contributed by atoms with Crippen molar-refractivity contribution in [2.45, 2.75) is 33.1 Å². The van der Waals surface area contributed by atoms with Crippen LogP contribution < -0.4 is 19.7 Å². The molecule has 0 aliphatic carbocycles. The highest BCUT2D eigenvalue weighted by Gasteiger charge is 2.12.